The number of aromatic nitrogens is 1. The molecule has 2 aromatic carbocycles. The summed E-state index contributed by atoms with van der Waals surface area (Å²) in [5.74, 6) is -0.245. The Balaban J connectivity index is 2.02. The number of thiazole rings is 1. The number of rotatable bonds is 4. The number of thioether (sulfide) groups is 1. The first-order chi connectivity index (χ1) is 12.7. The van der Waals surface area contributed by atoms with Gasteiger partial charge < -0.3 is 4.74 Å². The summed E-state index contributed by atoms with van der Waals surface area (Å²) < 4.78 is 44.9. The molecular weight excluding hydrogens is 423 g/mol. The molecule has 0 amide bonds. The number of esters is 1. The molecule has 0 spiro atoms. The summed E-state index contributed by atoms with van der Waals surface area (Å²) in [7, 11) is 1.30. The highest BCUT2D eigenvalue weighted by molar-refractivity contribution is 8.00. The fourth-order valence-electron chi connectivity index (χ4n) is 2.38. The van der Waals surface area contributed by atoms with E-state index in [4.69, 9.17) is 11.6 Å². The zero-order valence-corrected chi connectivity index (χ0v) is 16.1. The summed E-state index contributed by atoms with van der Waals surface area (Å²) in [4.78, 5) is 24.0. The third-order valence-corrected chi connectivity index (χ3v) is 5.83. The van der Waals surface area contributed by atoms with Crippen molar-refractivity contribution in [3.63, 3.8) is 0 Å². The Morgan fingerprint density at radius 1 is 1.26 bits per heavy atom. The predicted molar refractivity (Wildman–Crippen MR) is 100 cm³/mol. The molecule has 0 aliphatic rings. The van der Waals surface area contributed by atoms with Gasteiger partial charge in [0, 0.05) is 4.90 Å². The topological polar surface area (TPSA) is 48.3 Å². The standard InChI is InChI=1S/C17H11ClF3NO3S2/c1-25-15(23)8-26-10-3-5-13-14(7-10)27-16(24)22(13)12-4-2-9(6-11(12)18)17(19,20)21/h2-7H,8H2,1H3. The lowest BCUT2D eigenvalue weighted by Crippen LogP contribution is -2.12. The van der Waals surface area contributed by atoms with Gasteiger partial charge in [0.05, 0.1) is 39.4 Å². The number of alkyl halides is 3. The van der Waals surface area contributed by atoms with Crippen LogP contribution in [0.15, 0.2) is 46.1 Å². The molecule has 0 N–H and O–H groups in total. The van der Waals surface area contributed by atoms with E-state index in [2.05, 4.69) is 4.74 Å². The average Bonchev–Trinajstić information content (AvgIpc) is 2.93. The predicted octanol–water partition coefficient (Wildman–Crippen LogP) is 4.99. The fourth-order valence-corrected chi connectivity index (χ4v) is 4.42. The lowest BCUT2D eigenvalue weighted by Gasteiger charge is -2.11. The van der Waals surface area contributed by atoms with E-state index in [-0.39, 0.29) is 27.3 Å². The Labute approximate surface area is 164 Å². The van der Waals surface area contributed by atoms with E-state index in [1.807, 2.05) is 0 Å². The Hall–Kier alpha value is -1.97. The second-order valence-electron chi connectivity index (χ2n) is 5.36. The van der Waals surface area contributed by atoms with Crippen molar-refractivity contribution in [1.82, 2.24) is 4.57 Å². The third-order valence-electron chi connectivity index (χ3n) is 3.65. The lowest BCUT2D eigenvalue weighted by atomic mass is 10.2. The van der Waals surface area contributed by atoms with Gasteiger partial charge in [-0.15, -0.1) is 11.8 Å². The van der Waals surface area contributed by atoms with Crippen molar-refractivity contribution >= 4 is 50.9 Å². The molecule has 0 radical (unpaired) electrons. The second kappa shape index (κ2) is 7.57. The van der Waals surface area contributed by atoms with Gasteiger partial charge in [0.25, 0.3) is 0 Å². The van der Waals surface area contributed by atoms with Gasteiger partial charge in [-0.05, 0) is 36.4 Å². The van der Waals surface area contributed by atoms with E-state index in [0.717, 1.165) is 28.4 Å². The van der Waals surface area contributed by atoms with Crippen molar-refractivity contribution < 1.29 is 22.7 Å². The van der Waals surface area contributed by atoms with Crippen molar-refractivity contribution in [2.45, 2.75) is 11.1 Å². The van der Waals surface area contributed by atoms with Crippen LogP contribution < -0.4 is 4.87 Å². The maximum atomic E-state index is 12.8. The van der Waals surface area contributed by atoms with E-state index in [1.165, 1.54) is 29.5 Å². The maximum Gasteiger partial charge on any atom is 0.416 e. The van der Waals surface area contributed by atoms with Crippen LogP contribution in [0.25, 0.3) is 15.9 Å². The van der Waals surface area contributed by atoms with E-state index in [1.54, 1.807) is 18.2 Å². The summed E-state index contributed by atoms with van der Waals surface area (Å²) in [6.45, 7) is 0. The first kappa shape index (κ1) is 19.8. The Morgan fingerprint density at radius 3 is 2.63 bits per heavy atom. The number of benzene rings is 2. The molecule has 0 bridgehead atoms. The first-order valence-corrected chi connectivity index (χ1v) is 9.61. The van der Waals surface area contributed by atoms with Gasteiger partial charge >= 0.3 is 17.0 Å². The Morgan fingerprint density at radius 2 is 2.00 bits per heavy atom. The number of hydrogen-bond donors (Lipinski definition) is 0. The monoisotopic (exact) mass is 433 g/mol. The molecule has 4 nitrogen and oxygen atoms in total. The molecule has 0 unspecified atom stereocenters. The van der Waals surface area contributed by atoms with Crippen LogP contribution in [-0.2, 0) is 15.7 Å². The van der Waals surface area contributed by atoms with Crippen LogP contribution in [0.4, 0.5) is 13.2 Å². The lowest BCUT2D eigenvalue weighted by molar-refractivity contribution is -0.138. The molecular formula is C17H11ClF3NO3S2. The normalized spacial score (nSPS) is 11.7. The van der Waals surface area contributed by atoms with E-state index < -0.39 is 11.7 Å². The van der Waals surface area contributed by atoms with Gasteiger partial charge in [0.2, 0.25) is 0 Å². The molecule has 0 aliphatic heterocycles. The van der Waals surface area contributed by atoms with E-state index in [0.29, 0.717) is 10.2 Å². The number of carbonyl (C=O) groups is 1. The van der Waals surface area contributed by atoms with E-state index >= 15 is 0 Å². The van der Waals surface area contributed by atoms with Crippen molar-refractivity contribution in [3.8, 4) is 5.69 Å². The third kappa shape index (κ3) is 4.15. The highest BCUT2D eigenvalue weighted by Crippen LogP contribution is 2.34. The number of fused-ring (bicyclic) bond motifs is 1. The minimum Gasteiger partial charge on any atom is -0.468 e. The second-order valence-corrected chi connectivity index (χ2v) is 7.81. The quantitative estimate of drug-likeness (QED) is 0.429. The van der Waals surface area contributed by atoms with Gasteiger partial charge in [0.1, 0.15) is 0 Å². The number of ether oxygens (including phenoxy) is 1. The first-order valence-electron chi connectivity index (χ1n) is 7.43. The molecule has 27 heavy (non-hydrogen) atoms. The number of hydrogen-bond acceptors (Lipinski definition) is 5. The number of carbonyl (C=O) groups excluding carboxylic acids is 1. The largest absolute Gasteiger partial charge is 0.468 e. The molecule has 0 atom stereocenters. The summed E-state index contributed by atoms with van der Waals surface area (Å²) in [5.41, 5.74) is -0.185. The van der Waals surface area contributed by atoms with Gasteiger partial charge in [-0.3, -0.25) is 14.2 Å². The van der Waals surface area contributed by atoms with Crippen LogP contribution in [0.2, 0.25) is 5.02 Å². The molecule has 10 heteroatoms. The van der Waals surface area contributed by atoms with Crippen molar-refractivity contribution in [1.29, 1.82) is 0 Å². The molecule has 0 aliphatic carbocycles. The molecule has 0 fully saturated rings. The van der Waals surface area contributed by atoms with Gasteiger partial charge in [-0.1, -0.05) is 22.9 Å². The molecule has 1 heterocycles. The number of halogens is 4. The van der Waals surface area contributed by atoms with E-state index in [9.17, 15) is 22.8 Å². The van der Waals surface area contributed by atoms with Crippen molar-refractivity contribution in [2.75, 3.05) is 12.9 Å². The fraction of sp³-hybridized carbons (Fsp3) is 0.176. The van der Waals surface area contributed by atoms with Gasteiger partial charge in [-0.25, -0.2) is 0 Å². The average molecular weight is 434 g/mol. The molecule has 3 rings (SSSR count). The maximum absolute atomic E-state index is 12.8. The summed E-state index contributed by atoms with van der Waals surface area (Å²) in [6.07, 6.45) is -4.52. The Bertz CT molecular complexity index is 1080. The van der Waals surface area contributed by atoms with Crippen LogP contribution in [0.5, 0.6) is 0 Å². The summed E-state index contributed by atoms with van der Waals surface area (Å²) >= 11 is 8.22. The highest BCUT2D eigenvalue weighted by Gasteiger charge is 2.31. The molecule has 0 saturated heterocycles. The minimum absolute atomic E-state index is 0.127. The Kier molecular flexibility index (Phi) is 5.55. The number of methoxy groups -OCH3 is 1. The van der Waals surface area contributed by atoms with Gasteiger partial charge in [-0.2, -0.15) is 13.2 Å². The smallest absolute Gasteiger partial charge is 0.416 e. The summed E-state index contributed by atoms with van der Waals surface area (Å²) in [5, 5.41) is -0.171. The molecule has 1 aromatic heterocycles. The van der Waals surface area contributed by atoms with Crippen LogP contribution in [0.1, 0.15) is 5.56 Å². The van der Waals surface area contributed by atoms with Gasteiger partial charge in [0.15, 0.2) is 0 Å². The van der Waals surface area contributed by atoms with Crippen molar-refractivity contribution in [2.24, 2.45) is 0 Å². The SMILES string of the molecule is COC(=O)CSc1ccc2c(c1)sc(=O)n2-c1ccc(C(F)(F)F)cc1Cl. The zero-order valence-electron chi connectivity index (χ0n) is 13.7. The van der Waals surface area contributed by atoms with Crippen LogP contribution in [-0.4, -0.2) is 23.4 Å². The molecule has 0 saturated carbocycles. The number of nitrogens with zero attached hydrogens (tertiary/aromatic N) is 1. The summed E-state index contributed by atoms with van der Waals surface area (Å²) in [6, 6.07) is 7.99. The van der Waals surface area contributed by atoms with Crippen molar-refractivity contribution in [3.05, 3.63) is 56.7 Å². The van der Waals surface area contributed by atoms with Crippen LogP contribution in [0.3, 0.4) is 0 Å². The van der Waals surface area contributed by atoms with Crippen LogP contribution >= 0.6 is 34.7 Å². The highest BCUT2D eigenvalue weighted by atomic mass is 35.5. The minimum atomic E-state index is -4.52. The molecule has 3 aromatic rings. The molecule has 142 valence electrons. The van der Waals surface area contributed by atoms with Crippen LogP contribution in [0, 0.1) is 0 Å². The zero-order chi connectivity index (χ0) is 19.8.